The molecule has 0 saturated carbocycles. The normalized spacial score (nSPS) is 13.0. The van der Waals surface area contributed by atoms with Crippen molar-refractivity contribution in [2.24, 2.45) is 0 Å². The molecule has 6 nitrogen and oxygen atoms in total. The third-order valence-electron chi connectivity index (χ3n) is 8.21. The first-order valence-corrected chi connectivity index (χ1v) is 20.8. The first-order valence-electron chi connectivity index (χ1n) is 20.8. The summed E-state index contributed by atoms with van der Waals surface area (Å²) in [5.41, 5.74) is 0. The van der Waals surface area contributed by atoms with E-state index in [-0.39, 0.29) is 44.0 Å². The van der Waals surface area contributed by atoms with Gasteiger partial charge in [-0.3, -0.25) is 14.4 Å². The Morgan fingerprint density at radius 3 is 1.38 bits per heavy atom. The van der Waals surface area contributed by atoms with Gasteiger partial charge in [0.1, 0.15) is 13.2 Å². The molecule has 0 aromatic carbocycles. The highest BCUT2D eigenvalue weighted by Gasteiger charge is 2.19. The van der Waals surface area contributed by atoms with E-state index in [4.69, 9.17) is 14.2 Å². The summed E-state index contributed by atoms with van der Waals surface area (Å²) >= 11 is 0. The van der Waals surface area contributed by atoms with Crippen LogP contribution in [0, 0.1) is 0 Å². The minimum atomic E-state index is -0.828. The Morgan fingerprint density at radius 1 is 0.415 bits per heavy atom. The number of carbonyl (C=O) groups is 3. The molecule has 0 saturated heterocycles. The molecule has 1 unspecified atom stereocenters. The SMILES string of the molecule is CC\C=C/C=C\C=C/C=C\C=C/CCCC(=O)OCC(COC(=O)CCCCCCCCCCCCC)OC(=O)CCC/C=C\C/C=C\C/C=C\CC. The maximum atomic E-state index is 12.6. The predicted octanol–water partition coefficient (Wildman–Crippen LogP) is 13.1. The molecule has 6 heteroatoms. The quantitative estimate of drug-likeness (QED) is 0.0212. The molecule has 0 spiro atoms. The lowest BCUT2D eigenvalue weighted by Crippen LogP contribution is -2.30. The summed E-state index contributed by atoms with van der Waals surface area (Å²) in [5.74, 6) is -1.07. The molecule has 0 aliphatic heterocycles. The van der Waals surface area contributed by atoms with Gasteiger partial charge in [0.25, 0.3) is 0 Å². The van der Waals surface area contributed by atoms with Crippen molar-refractivity contribution < 1.29 is 28.6 Å². The van der Waals surface area contributed by atoms with E-state index in [1.165, 1.54) is 51.4 Å². The number of esters is 3. The molecule has 0 aliphatic rings. The third-order valence-corrected chi connectivity index (χ3v) is 8.21. The van der Waals surface area contributed by atoms with Crippen molar-refractivity contribution >= 4 is 17.9 Å². The van der Waals surface area contributed by atoms with Crippen LogP contribution in [0.5, 0.6) is 0 Å². The molecule has 0 aromatic heterocycles. The number of unbranched alkanes of at least 4 members (excludes halogenated alkanes) is 12. The van der Waals surface area contributed by atoms with Gasteiger partial charge in [0.05, 0.1) is 0 Å². The van der Waals surface area contributed by atoms with Crippen LogP contribution in [0.1, 0.15) is 162 Å². The molecule has 0 aliphatic carbocycles. The maximum Gasteiger partial charge on any atom is 0.306 e. The second-order valence-corrected chi connectivity index (χ2v) is 13.3. The van der Waals surface area contributed by atoms with E-state index in [9.17, 15) is 14.4 Å². The summed E-state index contributed by atoms with van der Waals surface area (Å²) < 4.78 is 16.5. The molecule has 0 N–H and O–H groups in total. The lowest BCUT2D eigenvalue weighted by molar-refractivity contribution is -0.167. The van der Waals surface area contributed by atoms with E-state index in [1.807, 2.05) is 54.7 Å². The monoisotopic (exact) mass is 735 g/mol. The second kappa shape index (κ2) is 41.1. The summed E-state index contributed by atoms with van der Waals surface area (Å²) in [6, 6.07) is 0. The average Bonchev–Trinajstić information content (AvgIpc) is 3.15. The number of hydrogen-bond donors (Lipinski definition) is 0. The van der Waals surface area contributed by atoms with Gasteiger partial charge in [-0.25, -0.2) is 0 Å². The first kappa shape index (κ1) is 49.3. The van der Waals surface area contributed by atoms with E-state index in [0.717, 1.165) is 57.8 Å². The fourth-order valence-electron chi connectivity index (χ4n) is 5.14. The van der Waals surface area contributed by atoms with Crippen molar-refractivity contribution in [3.63, 3.8) is 0 Å². The smallest absolute Gasteiger partial charge is 0.306 e. The Balaban J connectivity index is 4.59. The molecule has 0 fully saturated rings. The van der Waals surface area contributed by atoms with Crippen molar-refractivity contribution in [2.75, 3.05) is 13.2 Å². The standard InChI is InChI=1S/C47H74O6/c1-4-7-10-13-16-19-22-23-26-28-31-34-37-40-46(49)52-43-44(53-47(50)41-38-35-32-29-25-21-18-15-12-9-6-3)42-51-45(48)39-36-33-30-27-24-20-17-14-11-8-5-2/h7,9-10,12-13,16,18-19,21-23,26,28-29,31-32,44H,4-6,8,11,14-15,17,20,24-25,27,30,33-43H2,1-3H3/b10-7-,12-9-,16-13-,21-18-,22-19-,26-23-,31-28-,32-29-. The molecule has 53 heavy (non-hydrogen) atoms. The summed E-state index contributed by atoms with van der Waals surface area (Å²) in [4.78, 5) is 37.5. The molecule has 0 radical (unpaired) electrons. The van der Waals surface area contributed by atoms with Crippen LogP contribution in [0.15, 0.2) is 97.2 Å². The topological polar surface area (TPSA) is 78.9 Å². The van der Waals surface area contributed by atoms with E-state index in [1.54, 1.807) is 0 Å². The third kappa shape index (κ3) is 39.4. The summed E-state index contributed by atoms with van der Waals surface area (Å²) in [5, 5.41) is 0. The largest absolute Gasteiger partial charge is 0.462 e. The van der Waals surface area contributed by atoms with Gasteiger partial charge in [0.15, 0.2) is 6.10 Å². The van der Waals surface area contributed by atoms with E-state index in [0.29, 0.717) is 19.3 Å². The van der Waals surface area contributed by atoms with Crippen LogP contribution in [-0.4, -0.2) is 37.2 Å². The predicted molar refractivity (Wildman–Crippen MR) is 224 cm³/mol. The van der Waals surface area contributed by atoms with Crippen LogP contribution in [0.4, 0.5) is 0 Å². The highest BCUT2D eigenvalue weighted by atomic mass is 16.6. The van der Waals surface area contributed by atoms with Gasteiger partial charge in [0, 0.05) is 19.3 Å². The summed E-state index contributed by atoms with van der Waals surface area (Å²) in [7, 11) is 0. The molecule has 0 amide bonds. The molecule has 0 bridgehead atoms. The molecule has 1 atom stereocenters. The number of allylic oxidation sites excluding steroid dienone is 16. The molecule has 0 heterocycles. The Hall–Kier alpha value is -3.67. The second-order valence-electron chi connectivity index (χ2n) is 13.3. The number of ether oxygens (including phenoxy) is 3. The zero-order valence-corrected chi connectivity index (χ0v) is 33.7. The van der Waals surface area contributed by atoms with Gasteiger partial charge >= 0.3 is 17.9 Å². The zero-order chi connectivity index (χ0) is 38.7. The average molecular weight is 735 g/mol. The van der Waals surface area contributed by atoms with Gasteiger partial charge in [-0.1, -0.05) is 182 Å². The van der Waals surface area contributed by atoms with Gasteiger partial charge in [-0.05, 0) is 57.8 Å². The molecule has 0 rings (SSSR count). The number of carbonyl (C=O) groups excluding carboxylic acids is 3. The van der Waals surface area contributed by atoms with Crippen molar-refractivity contribution in [3.8, 4) is 0 Å². The van der Waals surface area contributed by atoms with Crippen molar-refractivity contribution in [2.45, 2.75) is 168 Å². The van der Waals surface area contributed by atoms with Crippen LogP contribution in [-0.2, 0) is 28.6 Å². The molecular formula is C47H74O6. The highest BCUT2D eigenvalue weighted by molar-refractivity contribution is 5.71. The Labute approximate surface area is 324 Å². The van der Waals surface area contributed by atoms with Gasteiger partial charge in [-0.2, -0.15) is 0 Å². The molecule has 298 valence electrons. The van der Waals surface area contributed by atoms with Gasteiger partial charge in [0.2, 0.25) is 0 Å². The van der Waals surface area contributed by atoms with Crippen LogP contribution in [0.25, 0.3) is 0 Å². The van der Waals surface area contributed by atoms with Crippen LogP contribution in [0.3, 0.4) is 0 Å². The van der Waals surface area contributed by atoms with Crippen LogP contribution >= 0.6 is 0 Å². The summed E-state index contributed by atoms with van der Waals surface area (Å²) in [6.45, 7) is 6.21. The minimum absolute atomic E-state index is 0.121. The fourth-order valence-corrected chi connectivity index (χ4v) is 5.14. The summed E-state index contributed by atoms with van der Waals surface area (Å²) in [6.07, 6.45) is 52.6. The first-order chi connectivity index (χ1) is 26.0. The van der Waals surface area contributed by atoms with Crippen LogP contribution < -0.4 is 0 Å². The van der Waals surface area contributed by atoms with E-state index >= 15 is 0 Å². The Bertz CT molecular complexity index is 1120. The van der Waals surface area contributed by atoms with E-state index < -0.39 is 6.10 Å². The van der Waals surface area contributed by atoms with E-state index in [2.05, 4.69) is 63.3 Å². The number of hydrogen-bond acceptors (Lipinski definition) is 6. The number of rotatable bonds is 35. The molecular weight excluding hydrogens is 661 g/mol. The zero-order valence-electron chi connectivity index (χ0n) is 33.7. The fraction of sp³-hybridized carbons (Fsp3) is 0.596. The maximum absolute atomic E-state index is 12.6. The van der Waals surface area contributed by atoms with Gasteiger partial charge in [-0.15, -0.1) is 0 Å². The lowest BCUT2D eigenvalue weighted by Gasteiger charge is -2.18. The Morgan fingerprint density at radius 2 is 0.830 bits per heavy atom. The lowest BCUT2D eigenvalue weighted by atomic mass is 10.1. The molecule has 0 aromatic rings. The van der Waals surface area contributed by atoms with Crippen LogP contribution in [0.2, 0.25) is 0 Å². The highest BCUT2D eigenvalue weighted by Crippen LogP contribution is 2.13. The van der Waals surface area contributed by atoms with Crippen molar-refractivity contribution in [1.29, 1.82) is 0 Å². The van der Waals surface area contributed by atoms with Crippen molar-refractivity contribution in [1.82, 2.24) is 0 Å². The van der Waals surface area contributed by atoms with Crippen molar-refractivity contribution in [3.05, 3.63) is 97.2 Å². The van der Waals surface area contributed by atoms with Gasteiger partial charge < -0.3 is 14.2 Å². The minimum Gasteiger partial charge on any atom is -0.462 e. The Kier molecular flexibility index (Phi) is 38.2.